The van der Waals surface area contributed by atoms with E-state index in [0.29, 0.717) is 16.5 Å². The van der Waals surface area contributed by atoms with Crippen LogP contribution in [0.25, 0.3) is 11.0 Å². The maximum absolute atomic E-state index is 12.0. The van der Waals surface area contributed by atoms with Crippen LogP contribution in [0, 0.1) is 10.1 Å². The van der Waals surface area contributed by atoms with E-state index in [4.69, 9.17) is 25.0 Å². The molecule has 1 aliphatic heterocycles. The van der Waals surface area contributed by atoms with Crippen molar-refractivity contribution in [2.24, 2.45) is 0 Å². The summed E-state index contributed by atoms with van der Waals surface area (Å²) in [7, 11) is -16.7. The van der Waals surface area contributed by atoms with E-state index in [1.54, 1.807) is 18.3 Å². The number of rotatable bonds is 13. The minimum atomic E-state index is -5.72. The number of nitrogens with zero attached hydrogens (tertiary/aromatic N) is 4. The van der Waals surface area contributed by atoms with Crippen LogP contribution in [-0.2, 0) is 49.5 Å². The Morgan fingerprint density at radius 2 is 1.76 bits per heavy atom. The highest BCUT2D eigenvalue weighted by molar-refractivity contribution is 7.66. The summed E-state index contributed by atoms with van der Waals surface area (Å²) in [6.45, 7) is -1.03. The van der Waals surface area contributed by atoms with Crippen LogP contribution in [0.5, 0.6) is 0 Å². The molecular weight excluding hydrogens is 631 g/mol. The van der Waals surface area contributed by atoms with Gasteiger partial charge in [-0.15, -0.1) is 0 Å². The number of aromatic nitrogens is 3. The van der Waals surface area contributed by atoms with Gasteiger partial charge in [0.1, 0.15) is 30.1 Å². The highest BCUT2D eigenvalue weighted by Crippen LogP contribution is 2.66. The predicted molar refractivity (Wildman–Crippen MR) is 138 cm³/mol. The van der Waals surface area contributed by atoms with Crippen molar-refractivity contribution < 1.29 is 65.9 Å². The van der Waals surface area contributed by atoms with Crippen molar-refractivity contribution in [1.29, 1.82) is 0 Å². The van der Waals surface area contributed by atoms with Crippen LogP contribution in [-0.4, -0.2) is 63.0 Å². The third kappa shape index (κ3) is 8.03. The number of ether oxygens (including phenoxy) is 2. The molecule has 1 saturated heterocycles. The first-order valence-corrected chi connectivity index (χ1v) is 16.1. The van der Waals surface area contributed by atoms with Crippen LogP contribution < -0.4 is 5.73 Å². The SMILES string of the molecule is Nc1ncnc2c1c(COCc1ccccc1[N+](=O)[O-])cn2[C@H]1C[C@@H](O)C(COP(=O)(O)OP(=O)(O)OP(=O)(O)O)O1. The van der Waals surface area contributed by atoms with Gasteiger partial charge in [0.2, 0.25) is 0 Å². The summed E-state index contributed by atoms with van der Waals surface area (Å²) >= 11 is 0. The Morgan fingerprint density at radius 1 is 1.07 bits per heavy atom. The molecule has 0 radical (unpaired) electrons. The van der Waals surface area contributed by atoms with E-state index in [1.807, 2.05) is 0 Å². The average Bonchev–Trinajstić information content (AvgIpc) is 3.41. The fourth-order valence-electron chi connectivity index (χ4n) is 4.10. The topological polar surface area (TPSA) is 298 Å². The Balaban J connectivity index is 1.46. The number of nitro groups is 1. The summed E-state index contributed by atoms with van der Waals surface area (Å²) in [5.74, 6) is 0.0887. The average molecular weight is 655 g/mol. The van der Waals surface area contributed by atoms with Crippen LogP contribution >= 0.6 is 23.5 Å². The fourth-order valence-corrected chi connectivity index (χ4v) is 7.13. The molecule has 23 heteroatoms. The van der Waals surface area contributed by atoms with Gasteiger partial charge < -0.3 is 44.5 Å². The molecule has 3 unspecified atom stereocenters. The molecular formula is C19H24N5O15P3. The molecule has 0 amide bonds. The number of aliphatic hydroxyl groups is 1. The molecule has 0 spiro atoms. The van der Waals surface area contributed by atoms with Crippen molar-refractivity contribution in [1.82, 2.24) is 14.5 Å². The zero-order valence-corrected chi connectivity index (χ0v) is 23.7. The lowest BCUT2D eigenvalue weighted by molar-refractivity contribution is -0.386. The molecule has 1 aromatic carbocycles. The number of hydrogen-bond acceptors (Lipinski definition) is 14. The standard InChI is InChI=1S/C19H24N5O15P3/c20-18-17-12(8-35-7-11-3-1-2-4-13(11)24(26)27)6-23(19(17)22-10-21-18)16-5-14(25)15(37-16)9-36-41(31,32)39-42(33,34)38-40(28,29)30/h1-4,6,10,14-16,25H,5,7-9H2,(H,31,32)(H,33,34)(H2,20,21,22)(H2,28,29,30)/t14-,15?,16-/m1/s1. The first-order valence-electron chi connectivity index (χ1n) is 11.6. The van der Waals surface area contributed by atoms with Crippen LogP contribution in [0.1, 0.15) is 23.8 Å². The van der Waals surface area contributed by atoms with Gasteiger partial charge in [0.15, 0.2) is 0 Å². The highest BCUT2D eigenvalue weighted by atomic mass is 31.3. The summed E-state index contributed by atoms with van der Waals surface area (Å²) < 4.78 is 59.1. The summed E-state index contributed by atoms with van der Waals surface area (Å²) in [6, 6.07) is 6.06. The number of anilines is 1. The van der Waals surface area contributed by atoms with Crippen molar-refractivity contribution >= 4 is 46.0 Å². The summed E-state index contributed by atoms with van der Waals surface area (Å²) in [6.07, 6.45) is -0.863. The van der Waals surface area contributed by atoms with Crippen molar-refractivity contribution in [3.05, 3.63) is 58.0 Å². The molecule has 20 nitrogen and oxygen atoms in total. The molecule has 5 atom stereocenters. The number of fused-ring (bicyclic) bond motifs is 1. The molecule has 3 heterocycles. The molecule has 1 fully saturated rings. The van der Waals surface area contributed by atoms with Gasteiger partial charge in [-0.3, -0.25) is 14.6 Å². The number of phosphoric acid groups is 3. The van der Waals surface area contributed by atoms with Crippen molar-refractivity contribution in [3.8, 4) is 0 Å². The number of phosphoric ester groups is 1. The number of nitrogen functional groups attached to an aromatic ring is 1. The minimum absolute atomic E-state index is 0.0716. The maximum atomic E-state index is 12.0. The zero-order valence-electron chi connectivity index (χ0n) is 21.1. The quantitative estimate of drug-likeness (QED) is 0.0865. The Hall–Kier alpha value is -2.67. The van der Waals surface area contributed by atoms with Crippen molar-refractivity contribution in [3.63, 3.8) is 0 Å². The first-order chi connectivity index (χ1) is 19.6. The van der Waals surface area contributed by atoms with Gasteiger partial charge in [-0.25, -0.2) is 23.7 Å². The Morgan fingerprint density at radius 3 is 2.45 bits per heavy atom. The third-order valence-electron chi connectivity index (χ3n) is 5.75. The molecule has 7 N–H and O–H groups in total. The largest absolute Gasteiger partial charge is 0.490 e. The highest BCUT2D eigenvalue weighted by Gasteiger charge is 2.43. The predicted octanol–water partition coefficient (Wildman–Crippen LogP) is 1.63. The van der Waals surface area contributed by atoms with E-state index in [-0.39, 0.29) is 36.8 Å². The van der Waals surface area contributed by atoms with E-state index in [9.17, 15) is 38.7 Å². The van der Waals surface area contributed by atoms with E-state index in [0.717, 1.165) is 0 Å². The lowest BCUT2D eigenvalue weighted by atomic mass is 10.2. The van der Waals surface area contributed by atoms with E-state index < -0.39 is 53.4 Å². The lowest BCUT2D eigenvalue weighted by Gasteiger charge is -2.19. The summed E-state index contributed by atoms with van der Waals surface area (Å²) in [4.78, 5) is 55.1. The van der Waals surface area contributed by atoms with Crippen molar-refractivity contribution in [2.75, 3.05) is 12.3 Å². The van der Waals surface area contributed by atoms with E-state index in [2.05, 4.69) is 23.1 Å². The fraction of sp³-hybridized carbons (Fsp3) is 0.368. The third-order valence-corrected chi connectivity index (χ3v) is 9.56. The van der Waals surface area contributed by atoms with Crippen LogP contribution in [0.2, 0.25) is 0 Å². The molecule has 0 saturated carbocycles. The van der Waals surface area contributed by atoms with Crippen LogP contribution in [0.4, 0.5) is 11.5 Å². The monoisotopic (exact) mass is 655 g/mol. The minimum Gasteiger partial charge on any atom is -0.390 e. The second-order valence-electron chi connectivity index (χ2n) is 8.72. The van der Waals surface area contributed by atoms with Gasteiger partial charge in [-0.1, -0.05) is 12.1 Å². The first kappa shape index (κ1) is 32.2. The molecule has 0 bridgehead atoms. The van der Waals surface area contributed by atoms with E-state index >= 15 is 0 Å². The molecule has 3 aromatic rings. The number of benzene rings is 1. The zero-order chi connectivity index (χ0) is 30.9. The lowest BCUT2D eigenvalue weighted by Crippen LogP contribution is -2.26. The number of aliphatic hydroxyl groups excluding tert-OH is 1. The number of hydrogen-bond donors (Lipinski definition) is 6. The molecule has 230 valence electrons. The van der Waals surface area contributed by atoms with Gasteiger partial charge in [0.25, 0.3) is 5.69 Å². The maximum Gasteiger partial charge on any atom is 0.490 e. The van der Waals surface area contributed by atoms with Crippen LogP contribution in [0.15, 0.2) is 36.8 Å². The molecule has 42 heavy (non-hydrogen) atoms. The molecule has 4 rings (SSSR count). The summed E-state index contributed by atoms with van der Waals surface area (Å²) in [5, 5.41) is 22.1. The number of nitro benzene ring substituents is 1. The van der Waals surface area contributed by atoms with Gasteiger partial charge in [-0.05, 0) is 6.07 Å². The Labute approximate surface area is 235 Å². The van der Waals surface area contributed by atoms with Crippen LogP contribution in [0.3, 0.4) is 0 Å². The second kappa shape index (κ2) is 12.5. The molecule has 2 aromatic heterocycles. The molecule has 1 aliphatic rings. The van der Waals surface area contributed by atoms with E-state index in [1.165, 1.54) is 23.0 Å². The van der Waals surface area contributed by atoms with Gasteiger partial charge in [0.05, 0.1) is 41.8 Å². The van der Waals surface area contributed by atoms with Crippen molar-refractivity contribution in [2.45, 2.75) is 38.1 Å². The smallest absolute Gasteiger partial charge is 0.390 e. The van der Waals surface area contributed by atoms with Gasteiger partial charge >= 0.3 is 23.5 Å². The normalized spacial score (nSPS) is 22.2. The Kier molecular flexibility index (Phi) is 9.61. The number of nitrogens with two attached hydrogens (primary N) is 1. The summed E-state index contributed by atoms with van der Waals surface area (Å²) in [5.41, 5.74) is 7.05. The Bertz CT molecular complexity index is 1610. The van der Waals surface area contributed by atoms with Gasteiger partial charge in [-0.2, -0.15) is 8.62 Å². The molecule has 0 aliphatic carbocycles. The number of para-hydroxylation sites is 1. The second-order valence-corrected chi connectivity index (χ2v) is 13.1. The van der Waals surface area contributed by atoms with Gasteiger partial charge in [0, 0.05) is 24.2 Å².